The molecule has 5 heteroatoms. The van der Waals surface area contributed by atoms with Crippen molar-refractivity contribution in [3.63, 3.8) is 0 Å². The Morgan fingerprint density at radius 3 is 2.71 bits per heavy atom. The number of aliphatic hydroxyl groups excluding tert-OH is 1. The summed E-state index contributed by atoms with van der Waals surface area (Å²) >= 11 is 0. The third kappa shape index (κ3) is 2.69. The van der Waals surface area contributed by atoms with Crippen LogP contribution in [0.5, 0.6) is 0 Å². The minimum absolute atomic E-state index is 0.130. The van der Waals surface area contributed by atoms with E-state index in [-0.39, 0.29) is 12.4 Å². The molecule has 17 heavy (non-hydrogen) atoms. The first-order valence-corrected chi connectivity index (χ1v) is 5.31. The van der Waals surface area contributed by atoms with Gasteiger partial charge in [0.1, 0.15) is 5.82 Å². The zero-order valence-electron chi connectivity index (χ0n) is 9.25. The zero-order valence-corrected chi connectivity index (χ0v) is 9.25. The van der Waals surface area contributed by atoms with Gasteiger partial charge in [-0.15, -0.1) is 0 Å². The monoisotopic (exact) mass is 235 g/mol. The molecule has 0 spiro atoms. The van der Waals surface area contributed by atoms with Gasteiger partial charge in [0.25, 0.3) is 0 Å². The average Bonchev–Trinajstić information content (AvgIpc) is 2.79. The van der Waals surface area contributed by atoms with Crippen molar-refractivity contribution in [1.82, 2.24) is 9.55 Å². The summed E-state index contributed by atoms with van der Waals surface area (Å²) in [5.41, 5.74) is 7.46. The van der Waals surface area contributed by atoms with Crippen molar-refractivity contribution in [3.8, 4) is 0 Å². The van der Waals surface area contributed by atoms with Gasteiger partial charge < -0.3 is 15.4 Å². The summed E-state index contributed by atoms with van der Waals surface area (Å²) in [6.45, 7) is 0.429. The topological polar surface area (TPSA) is 64.1 Å². The van der Waals surface area contributed by atoms with E-state index in [2.05, 4.69) is 4.98 Å². The molecule has 2 rings (SSSR count). The Labute approximate surface area is 98.5 Å². The lowest BCUT2D eigenvalue weighted by Crippen LogP contribution is -2.19. The Morgan fingerprint density at radius 2 is 2.06 bits per heavy atom. The number of imidazole rings is 1. The fraction of sp³-hybridized carbons (Fsp3) is 0.250. The second kappa shape index (κ2) is 5.07. The van der Waals surface area contributed by atoms with E-state index in [1.54, 1.807) is 24.7 Å². The van der Waals surface area contributed by atoms with Crippen molar-refractivity contribution in [2.45, 2.75) is 12.6 Å². The van der Waals surface area contributed by atoms with Crippen LogP contribution < -0.4 is 5.73 Å². The number of rotatable bonds is 4. The molecule has 0 saturated carbocycles. The molecule has 1 atom stereocenters. The second-order valence-corrected chi connectivity index (χ2v) is 3.86. The van der Waals surface area contributed by atoms with Crippen molar-refractivity contribution >= 4 is 0 Å². The third-order valence-electron chi connectivity index (χ3n) is 2.59. The maximum Gasteiger partial charge on any atom is 0.123 e. The number of aliphatic hydroxyl groups is 1. The summed E-state index contributed by atoms with van der Waals surface area (Å²) < 4.78 is 14.6. The maximum absolute atomic E-state index is 12.8. The quantitative estimate of drug-likeness (QED) is 0.833. The van der Waals surface area contributed by atoms with E-state index >= 15 is 0 Å². The number of hydrogen-bond acceptors (Lipinski definition) is 3. The Bertz CT molecular complexity index is 481. The first-order valence-electron chi connectivity index (χ1n) is 5.31. The average molecular weight is 235 g/mol. The number of benzene rings is 1. The van der Waals surface area contributed by atoms with Crippen LogP contribution in [0.2, 0.25) is 0 Å². The lowest BCUT2D eigenvalue weighted by Gasteiger charge is -2.12. The van der Waals surface area contributed by atoms with Crippen LogP contribution in [0.15, 0.2) is 36.8 Å². The molecule has 1 aromatic heterocycles. The smallest absolute Gasteiger partial charge is 0.123 e. The van der Waals surface area contributed by atoms with E-state index < -0.39 is 6.04 Å². The van der Waals surface area contributed by atoms with E-state index in [4.69, 9.17) is 10.8 Å². The SMILES string of the molecule is NC(CO)c1cncn1Cc1ccc(F)cc1. The highest BCUT2D eigenvalue weighted by atomic mass is 19.1. The van der Waals surface area contributed by atoms with Crippen LogP contribution in [-0.4, -0.2) is 21.3 Å². The van der Waals surface area contributed by atoms with Crippen LogP contribution in [0, 0.1) is 5.82 Å². The highest BCUT2D eigenvalue weighted by molar-refractivity contribution is 5.18. The van der Waals surface area contributed by atoms with Gasteiger partial charge in [0.05, 0.1) is 24.7 Å². The minimum atomic E-state index is -0.446. The molecular weight excluding hydrogens is 221 g/mol. The van der Waals surface area contributed by atoms with Crippen LogP contribution in [0.1, 0.15) is 17.3 Å². The summed E-state index contributed by atoms with van der Waals surface area (Å²) in [7, 11) is 0. The van der Waals surface area contributed by atoms with Gasteiger partial charge in [-0.05, 0) is 17.7 Å². The lowest BCUT2D eigenvalue weighted by molar-refractivity contribution is 0.263. The molecule has 1 heterocycles. The van der Waals surface area contributed by atoms with E-state index in [0.29, 0.717) is 6.54 Å². The van der Waals surface area contributed by atoms with Gasteiger partial charge >= 0.3 is 0 Å². The van der Waals surface area contributed by atoms with Crippen LogP contribution in [0.25, 0.3) is 0 Å². The summed E-state index contributed by atoms with van der Waals surface area (Å²) in [5, 5.41) is 9.02. The number of hydrogen-bond donors (Lipinski definition) is 2. The molecule has 0 aliphatic heterocycles. The highest BCUT2D eigenvalue weighted by Gasteiger charge is 2.10. The summed E-state index contributed by atoms with van der Waals surface area (Å²) in [6, 6.07) is 5.81. The standard InChI is InChI=1S/C12H14FN3O/c13-10-3-1-9(2-4-10)6-16-8-15-5-12(16)11(14)7-17/h1-5,8,11,17H,6-7,14H2. The predicted octanol–water partition coefficient (Wildman–Crippen LogP) is 1.06. The van der Waals surface area contributed by atoms with E-state index in [1.165, 1.54) is 12.1 Å². The minimum Gasteiger partial charge on any atom is -0.394 e. The molecule has 1 unspecified atom stereocenters. The largest absolute Gasteiger partial charge is 0.394 e. The van der Waals surface area contributed by atoms with E-state index in [0.717, 1.165) is 11.3 Å². The Balaban J connectivity index is 2.18. The molecule has 1 aromatic carbocycles. The molecule has 0 bridgehead atoms. The first kappa shape index (κ1) is 11.8. The van der Waals surface area contributed by atoms with Crippen LogP contribution >= 0.6 is 0 Å². The van der Waals surface area contributed by atoms with Crippen molar-refractivity contribution < 1.29 is 9.50 Å². The van der Waals surface area contributed by atoms with Crippen molar-refractivity contribution in [2.24, 2.45) is 5.73 Å². The molecule has 0 aliphatic rings. The molecule has 90 valence electrons. The maximum atomic E-state index is 12.8. The number of nitrogens with zero attached hydrogens (tertiary/aromatic N) is 2. The fourth-order valence-electron chi connectivity index (χ4n) is 1.65. The summed E-state index contributed by atoms with van der Waals surface area (Å²) in [5.74, 6) is -0.258. The third-order valence-corrected chi connectivity index (χ3v) is 2.59. The van der Waals surface area contributed by atoms with Gasteiger partial charge in [0.2, 0.25) is 0 Å². The van der Waals surface area contributed by atoms with Gasteiger partial charge in [-0.25, -0.2) is 9.37 Å². The van der Waals surface area contributed by atoms with E-state index in [1.807, 2.05) is 4.57 Å². The molecule has 0 fully saturated rings. The van der Waals surface area contributed by atoms with Crippen molar-refractivity contribution in [3.05, 3.63) is 53.9 Å². The highest BCUT2D eigenvalue weighted by Crippen LogP contribution is 2.12. The number of nitrogens with two attached hydrogens (primary N) is 1. The fourth-order valence-corrected chi connectivity index (χ4v) is 1.65. The van der Waals surface area contributed by atoms with Gasteiger partial charge in [-0.2, -0.15) is 0 Å². The molecule has 0 saturated heterocycles. The molecular formula is C12H14FN3O. The molecule has 4 nitrogen and oxygen atoms in total. The van der Waals surface area contributed by atoms with Crippen LogP contribution in [-0.2, 0) is 6.54 Å². The van der Waals surface area contributed by atoms with Crippen LogP contribution in [0.4, 0.5) is 4.39 Å². The number of halogens is 1. The lowest BCUT2D eigenvalue weighted by atomic mass is 10.2. The first-order chi connectivity index (χ1) is 8.20. The second-order valence-electron chi connectivity index (χ2n) is 3.86. The zero-order chi connectivity index (χ0) is 12.3. The summed E-state index contributed by atoms with van der Waals surface area (Å²) in [4.78, 5) is 4.00. The molecule has 2 aromatic rings. The normalized spacial score (nSPS) is 12.6. The van der Waals surface area contributed by atoms with Gasteiger partial charge in [0, 0.05) is 12.7 Å². The Morgan fingerprint density at radius 1 is 1.35 bits per heavy atom. The van der Waals surface area contributed by atoms with E-state index in [9.17, 15) is 4.39 Å². The van der Waals surface area contributed by atoms with Gasteiger partial charge in [-0.1, -0.05) is 12.1 Å². The van der Waals surface area contributed by atoms with Gasteiger partial charge in [-0.3, -0.25) is 0 Å². The molecule has 0 amide bonds. The van der Waals surface area contributed by atoms with Crippen molar-refractivity contribution in [2.75, 3.05) is 6.61 Å². The Kier molecular flexibility index (Phi) is 3.51. The van der Waals surface area contributed by atoms with Crippen LogP contribution in [0.3, 0.4) is 0 Å². The van der Waals surface area contributed by atoms with Gasteiger partial charge in [0.15, 0.2) is 0 Å². The number of aromatic nitrogens is 2. The summed E-state index contributed by atoms with van der Waals surface area (Å²) in [6.07, 6.45) is 3.28. The van der Waals surface area contributed by atoms with Crippen molar-refractivity contribution in [1.29, 1.82) is 0 Å². The Hall–Kier alpha value is -1.72. The molecule has 0 aliphatic carbocycles. The molecule has 0 radical (unpaired) electrons. The predicted molar refractivity (Wildman–Crippen MR) is 61.7 cm³/mol. The molecule has 3 N–H and O–H groups in total.